The summed E-state index contributed by atoms with van der Waals surface area (Å²) in [5.74, 6) is 0.934. The van der Waals surface area contributed by atoms with Gasteiger partial charge in [-0.25, -0.2) is 0 Å². The molecule has 1 aromatic heterocycles. The number of aryl methyl sites for hydroxylation is 1. The fourth-order valence-corrected chi connectivity index (χ4v) is 2.30. The van der Waals surface area contributed by atoms with Crippen molar-refractivity contribution in [3.63, 3.8) is 0 Å². The van der Waals surface area contributed by atoms with E-state index in [0.29, 0.717) is 11.3 Å². The first kappa shape index (κ1) is 13.2. The first-order valence-corrected chi connectivity index (χ1v) is 6.65. The number of furan rings is 1. The average Bonchev–Trinajstić information content (AvgIpc) is 2.82. The third-order valence-corrected chi connectivity index (χ3v) is 3.63. The van der Waals surface area contributed by atoms with E-state index in [9.17, 15) is 4.79 Å². The van der Waals surface area contributed by atoms with Crippen LogP contribution in [0.1, 0.15) is 11.3 Å². The van der Waals surface area contributed by atoms with Crippen LogP contribution >= 0.6 is 11.8 Å². The predicted molar refractivity (Wildman–Crippen MR) is 74.0 cm³/mol. The lowest BCUT2D eigenvalue weighted by Crippen LogP contribution is -2.14. The Morgan fingerprint density at radius 3 is 2.89 bits per heavy atom. The molecule has 1 heterocycles. The number of carbonyl (C=O) groups excluding carboxylic acids is 1. The van der Waals surface area contributed by atoms with Gasteiger partial charge in [-0.2, -0.15) is 5.26 Å². The van der Waals surface area contributed by atoms with Crippen molar-refractivity contribution < 1.29 is 9.21 Å². The predicted octanol–water partition coefficient (Wildman–Crippen LogP) is 3.19. The van der Waals surface area contributed by atoms with Crippen molar-refractivity contribution in [2.75, 3.05) is 11.1 Å². The molecular weight excluding hydrogens is 260 g/mol. The molecule has 1 N–H and O–H groups in total. The highest BCUT2D eigenvalue weighted by atomic mass is 32.2. The fourth-order valence-electron chi connectivity index (χ4n) is 1.54. The summed E-state index contributed by atoms with van der Waals surface area (Å²) in [5, 5.41) is 11.7. The Labute approximate surface area is 115 Å². The number of amides is 1. The molecule has 0 aliphatic heterocycles. The Bertz CT molecular complexity index is 628. The van der Waals surface area contributed by atoms with Crippen molar-refractivity contribution in [2.24, 2.45) is 0 Å². The molecule has 5 heteroatoms. The normalized spacial score (nSPS) is 9.89. The fraction of sp³-hybridized carbons (Fsp3) is 0.143. The van der Waals surface area contributed by atoms with Gasteiger partial charge in [-0.3, -0.25) is 4.79 Å². The van der Waals surface area contributed by atoms with E-state index >= 15 is 0 Å². The van der Waals surface area contributed by atoms with E-state index in [1.165, 1.54) is 11.8 Å². The molecule has 2 rings (SSSR count). The lowest BCUT2D eigenvalue weighted by Gasteiger charge is -2.06. The van der Waals surface area contributed by atoms with Gasteiger partial charge in [-0.15, -0.1) is 11.8 Å². The first-order chi connectivity index (χ1) is 9.20. The van der Waals surface area contributed by atoms with E-state index < -0.39 is 0 Å². The monoisotopic (exact) mass is 272 g/mol. The molecule has 0 unspecified atom stereocenters. The van der Waals surface area contributed by atoms with Crippen molar-refractivity contribution in [1.82, 2.24) is 0 Å². The minimum absolute atomic E-state index is 0.145. The summed E-state index contributed by atoms with van der Waals surface area (Å²) in [5.41, 5.74) is 1.000. The standard InChI is InChI=1S/C14H12N2O2S/c1-10-13(6-7-18-10)19-9-14(17)16-12-5-3-2-4-11(12)8-15/h2-7H,9H2,1H3,(H,16,17). The molecule has 0 saturated heterocycles. The van der Waals surface area contributed by atoms with Crippen LogP contribution in [0.15, 0.2) is 45.9 Å². The summed E-state index contributed by atoms with van der Waals surface area (Å²) >= 11 is 1.41. The Kier molecular flexibility index (Phi) is 4.26. The lowest BCUT2D eigenvalue weighted by molar-refractivity contribution is -0.113. The van der Waals surface area contributed by atoms with Gasteiger partial charge < -0.3 is 9.73 Å². The molecule has 0 aliphatic carbocycles. The molecule has 2 aromatic rings. The van der Waals surface area contributed by atoms with Crippen LogP contribution in [0.2, 0.25) is 0 Å². The summed E-state index contributed by atoms with van der Waals surface area (Å²) in [6, 6.07) is 10.8. The summed E-state index contributed by atoms with van der Waals surface area (Å²) in [6.07, 6.45) is 1.60. The van der Waals surface area contributed by atoms with Gasteiger partial charge in [0, 0.05) is 4.90 Å². The Morgan fingerprint density at radius 1 is 1.42 bits per heavy atom. The zero-order chi connectivity index (χ0) is 13.7. The minimum Gasteiger partial charge on any atom is -0.468 e. The molecular formula is C14H12N2O2S. The number of carbonyl (C=O) groups is 1. The van der Waals surface area contributed by atoms with Crippen LogP contribution in [0.3, 0.4) is 0 Å². The van der Waals surface area contributed by atoms with Crippen molar-refractivity contribution in [3.8, 4) is 6.07 Å². The highest BCUT2D eigenvalue weighted by molar-refractivity contribution is 8.00. The smallest absolute Gasteiger partial charge is 0.234 e. The number of benzene rings is 1. The second kappa shape index (κ2) is 6.12. The third kappa shape index (κ3) is 3.39. The Hall–Kier alpha value is -2.19. The van der Waals surface area contributed by atoms with Gasteiger partial charge in [0.25, 0.3) is 0 Å². The quantitative estimate of drug-likeness (QED) is 0.868. The summed E-state index contributed by atoms with van der Waals surface area (Å²) in [4.78, 5) is 12.8. The first-order valence-electron chi connectivity index (χ1n) is 5.66. The lowest BCUT2D eigenvalue weighted by atomic mass is 10.2. The van der Waals surface area contributed by atoms with Gasteiger partial charge in [-0.05, 0) is 25.1 Å². The molecule has 1 aromatic carbocycles. The number of thioether (sulfide) groups is 1. The number of hydrogen-bond donors (Lipinski definition) is 1. The summed E-state index contributed by atoms with van der Waals surface area (Å²) in [7, 11) is 0. The Balaban J connectivity index is 1.95. The maximum absolute atomic E-state index is 11.8. The van der Waals surface area contributed by atoms with Crippen LogP contribution in [0.5, 0.6) is 0 Å². The van der Waals surface area contributed by atoms with E-state index in [2.05, 4.69) is 5.32 Å². The molecule has 0 fully saturated rings. The van der Waals surface area contributed by atoms with Crippen molar-refractivity contribution in [1.29, 1.82) is 5.26 Å². The van der Waals surface area contributed by atoms with Crippen molar-refractivity contribution in [2.45, 2.75) is 11.8 Å². The minimum atomic E-state index is -0.145. The van der Waals surface area contributed by atoms with Gasteiger partial charge in [-0.1, -0.05) is 12.1 Å². The molecule has 19 heavy (non-hydrogen) atoms. The van der Waals surface area contributed by atoms with Gasteiger partial charge in [0.05, 0.1) is 23.3 Å². The van der Waals surface area contributed by atoms with E-state index in [1.807, 2.05) is 19.1 Å². The van der Waals surface area contributed by atoms with Crippen molar-refractivity contribution in [3.05, 3.63) is 47.9 Å². The molecule has 0 atom stereocenters. The molecule has 0 spiro atoms. The Morgan fingerprint density at radius 2 is 2.21 bits per heavy atom. The highest BCUT2D eigenvalue weighted by Crippen LogP contribution is 2.23. The zero-order valence-corrected chi connectivity index (χ0v) is 11.2. The maximum atomic E-state index is 11.8. The van der Waals surface area contributed by atoms with E-state index in [1.54, 1.807) is 30.5 Å². The second-order valence-electron chi connectivity index (χ2n) is 3.84. The van der Waals surface area contributed by atoms with Crippen LogP contribution in [-0.2, 0) is 4.79 Å². The largest absolute Gasteiger partial charge is 0.468 e. The average molecular weight is 272 g/mol. The molecule has 0 saturated carbocycles. The van der Waals surface area contributed by atoms with Gasteiger partial charge in [0.15, 0.2) is 0 Å². The van der Waals surface area contributed by atoms with Crippen LogP contribution in [0.25, 0.3) is 0 Å². The SMILES string of the molecule is Cc1occc1SCC(=O)Nc1ccccc1C#N. The number of hydrogen-bond acceptors (Lipinski definition) is 4. The molecule has 4 nitrogen and oxygen atoms in total. The number of para-hydroxylation sites is 1. The summed E-state index contributed by atoms with van der Waals surface area (Å²) < 4.78 is 5.16. The van der Waals surface area contributed by atoms with Crippen LogP contribution in [0, 0.1) is 18.3 Å². The molecule has 0 bridgehead atoms. The second-order valence-corrected chi connectivity index (χ2v) is 4.85. The molecule has 96 valence electrons. The van der Waals surface area contributed by atoms with Gasteiger partial charge in [0.1, 0.15) is 11.8 Å². The van der Waals surface area contributed by atoms with E-state index in [0.717, 1.165) is 10.7 Å². The van der Waals surface area contributed by atoms with Crippen LogP contribution < -0.4 is 5.32 Å². The van der Waals surface area contributed by atoms with Crippen LogP contribution in [-0.4, -0.2) is 11.7 Å². The maximum Gasteiger partial charge on any atom is 0.234 e. The van der Waals surface area contributed by atoms with Crippen LogP contribution in [0.4, 0.5) is 5.69 Å². The van der Waals surface area contributed by atoms with Gasteiger partial charge in [0.2, 0.25) is 5.91 Å². The molecule has 0 radical (unpaired) electrons. The van der Waals surface area contributed by atoms with E-state index in [4.69, 9.17) is 9.68 Å². The molecule has 0 aliphatic rings. The number of nitrogens with one attached hydrogen (secondary N) is 1. The number of anilines is 1. The number of nitriles is 1. The number of nitrogens with zero attached hydrogens (tertiary/aromatic N) is 1. The zero-order valence-electron chi connectivity index (χ0n) is 10.3. The molecule has 1 amide bonds. The third-order valence-electron chi connectivity index (χ3n) is 2.49. The number of rotatable bonds is 4. The van der Waals surface area contributed by atoms with E-state index in [-0.39, 0.29) is 11.7 Å². The highest BCUT2D eigenvalue weighted by Gasteiger charge is 2.08. The summed E-state index contributed by atoms with van der Waals surface area (Å²) in [6.45, 7) is 1.85. The van der Waals surface area contributed by atoms with Gasteiger partial charge >= 0.3 is 0 Å². The van der Waals surface area contributed by atoms with Crippen molar-refractivity contribution >= 4 is 23.4 Å². The topological polar surface area (TPSA) is 66.0 Å².